The molecule has 1 rings (SSSR count). The van der Waals surface area contributed by atoms with Crippen LogP contribution in [0.25, 0.3) is 0 Å². The Labute approximate surface area is 73.7 Å². The van der Waals surface area contributed by atoms with Gasteiger partial charge in [0.1, 0.15) is 0 Å². The van der Waals surface area contributed by atoms with Gasteiger partial charge in [0.05, 0.1) is 19.3 Å². The van der Waals surface area contributed by atoms with Gasteiger partial charge in [0.25, 0.3) is 0 Å². The summed E-state index contributed by atoms with van der Waals surface area (Å²) in [5.74, 6) is 0. The van der Waals surface area contributed by atoms with E-state index in [0.717, 1.165) is 38.9 Å². The van der Waals surface area contributed by atoms with Crippen LogP contribution in [0.15, 0.2) is 0 Å². The quantitative estimate of drug-likeness (QED) is 0.682. The maximum absolute atomic E-state index is 9.25. The number of ether oxygens (including phenoxy) is 2. The second-order valence-electron chi connectivity index (χ2n) is 3.16. The summed E-state index contributed by atoms with van der Waals surface area (Å²) in [6, 6.07) is 0. The molecule has 72 valence electrons. The zero-order valence-electron chi connectivity index (χ0n) is 7.66. The van der Waals surface area contributed by atoms with Crippen molar-refractivity contribution in [3.8, 4) is 0 Å². The zero-order valence-corrected chi connectivity index (χ0v) is 7.66. The van der Waals surface area contributed by atoms with Crippen molar-refractivity contribution in [1.82, 2.24) is 0 Å². The van der Waals surface area contributed by atoms with Crippen molar-refractivity contribution < 1.29 is 14.6 Å². The van der Waals surface area contributed by atoms with Crippen LogP contribution in [0.2, 0.25) is 0 Å². The van der Waals surface area contributed by atoms with E-state index < -0.39 is 0 Å². The molecule has 0 unspecified atom stereocenters. The number of aliphatic hydroxyl groups excluding tert-OH is 1. The lowest BCUT2D eigenvalue weighted by Crippen LogP contribution is -2.10. The van der Waals surface area contributed by atoms with Gasteiger partial charge in [-0.05, 0) is 25.7 Å². The van der Waals surface area contributed by atoms with Crippen LogP contribution in [0.4, 0.5) is 0 Å². The maximum atomic E-state index is 9.25. The molecule has 1 atom stereocenters. The van der Waals surface area contributed by atoms with Gasteiger partial charge >= 0.3 is 0 Å². The first-order valence-corrected chi connectivity index (χ1v) is 4.74. The number of hydrogen-bond acceptors (Lipinski definition) is 3. The number of rotatable bonds is 5. The van der Waals surface area contributed by atoms with E-state index in [-0.39, 0.29) is 12.4 Å². The largest absolute Gasteiger partial charge is 0.393 e. The highest BCUT2D eigenvalue weighted by atomic mass is 16.7. The van der Waals surface area contributed by atoms with Crippen LogP contribution < -0.4 is 0 Å². The fraction of sp³-hybridized carbons (Fsp3) is 1.00. The molecule has 0 spiro atoms. The number of hydrogen-bond donors (Lipinski definition) is 1. The molecule has 0 radical (unpaired) electrons. The Hall–Kier alpha value is -0.120. The van der Waals surface area contributed by atoms with E-state index in [2.05, 4.69) is 0 Å². The summed E-state index contributed by atoms with van der Waals surface area (Å²) in [6.07, 6.45) is 3.45. The van der Waals surface area contributed by atoms with Crippen molar-refractivity contribution in [2.24, 2.45) is 0 Å². The Morgan fingerprint density at radius 3 is 2.67 bits per heavy atom. The van der Waals surface area contributed by atoms with Crippen LogP contribution in [0.3, 0.4) is 0 Å². The fourth-order valence-electron chi connectivity index (χ4n) is 1.30. The highest BCUT2D eigenvalue weighted by Crippen LogP contribution is 2.13. The van der Waals surface area contributed by atoms with Crippen LogP contribution in [0, 0.1) is 0 Å². The molecule has 1 aliphatic rings. The summed E-state index contributed by atoms with van der Waals surface area (Å²) < 4.78 is 10.5. The lowest BCUT2D eigenvalue weighted by Gasteiger charge is -2.10. The van der Waals surface area contributed by atoms with Crippen molar-refractivity contribution in [3.05, 3.63) is 0 Å². The molecule has 0 aromatic heterocycles. The van der Waals surface area contributed by atoms with Gasteiger partial charge in [0.2, 0.25) is 0 Å². The van der Waals surface area contributed by atoms with E-state index in [1.807, 2.05) is 6.92 Å². The lowest BCUT2D eigenvalue weighted by atomic mass is 10.1. The predicted octanol–water partition coefficient (Wildman–Crippen LogP) is 1.30. The summed E-state index contributed by atoms with van der Waals surface area (Å²) in [4.78, 5) is 0. The monoisotopic (exact) mass is 174 g/mol. The maximum Gasteiger partial charge on any atom is 0.157 e. The van der Waals surface area contributed by atoms with Crippen LogP contribution in [0.5, 0.6) is 0 Å². The average molecular weight is 174 g/mol. The second kappa shape index (κ2) is 5.51. The average Bonchev–Trinajstić information content (AvgIpc) is 2.57. The van der Waals surface area contributed by atoms with Crippen LogP contribution in [-0.4, -0.2) is 30.7 Å². The molecule has 12 heavy (non-hydrogen) atoms. The molecule has 0 bridgehead atoms. The first-order valence-electron chi connectivity index (χ1n) is 4.74. The molecule has 1 N–H and O–H groups in total. The second-order valence-corrected chi connectivity index (χ2v) is 3.16. The summed E-state index contributed by atoms with van der Waals surface area (Å²) in [7, 11) is 0. The molecule has 1 heterocycles. The van der Waals surface area contributed by atoms with Gasteiger partial charge in [0, 0.05) is 0 Å². The molecule has 0 aliphatic carbocycles. The molecule has 1 saturated heterocycles. The Kier molecular flexibility index (Phi) is 4.58. The van der Waals surface area contributed by atoms with E-state index in [9.17, 15) is 5.11 Å². The summed E-state index contributed by atoms with van der Waals surface area (Å²) in [5, 5.41) is 9.25. The summed E-state index contributed by atoms with van der Waals surface area (Å²) in [6.45, 7) is 3.44. The molecular weight excluding hydrogens is 156 g/mol. The highest BCUT2D eigenvalue weighted by molar-refractivity contribution is 4.56. The minimum atomic E-state index is -0.147. The van der Waals surface area contributed by atoms with Crippen molar-refractivity contribution in [1.29, 1.82) is 0 Å². The third kappa shape index (κ3) is 3.52. The molecule has 0 aromatic rings. The normalized spacial score (nSPS) is 21.5. The molecule has 1 aliphatic heterocycles. The SMILES string of the molecule is CC[C@H](O)CCCC1OCCO1. The molecule has 1 fully saturated rings. The number of aliphatic hydroxyl groups is 1. The van der Waals surface area contributed by atoms with Gasteiger partial charge in [-0.3, -0.25) is 0 Å². The van der Waals surface area contributed by atoms with E-state index >= 15 is 0 Å². The molecule has 0 saturated carbocycles. The Bertz CT molecular complexity index is 110. The summed E-state index contributed by atoms with van der Waals surface area (Å²) >= 11 is 0. The Balaban J connectivity index is 1.94. The Morgan fingerprint density at radius 2 is 2.08 bits per heavy atom. The van der Waals surface area contributed by atoms with Crippen molar-refractivity contribution in [3.63, 3.8) is 0 Å². The van der Waals surface area contributed by atoms with Gasteiger partial charge in [-0.15, -0.1) is 0 Å². The van der Waals surface area contributed by atoms with Gasteiger partial charge in [-0.1, -0.05) is 6.92 Å². The first kappa shape index (κ1) is 9.96. The zero-order chi connectivity index (χ0) is 8.81. The molecule has 0 aromatic carbocycles. The fourth-order valence-corrected chi connectivity index (χ4v) is 1.30. The van der Waals surface area contributed by atoms with Crippen molar-refractivity contribution >= 4 is 0 Å². The van der Waals surface area contributed by atoms with Crippen LogP contribution in [-0.2, 0) is 9.47 Å². The smallest absolute Gasteiger partial charge is 0.157 e. The van der Waals surface area contributed by atoms with Crippen LogP contribution >= 0.6 is 0 Å². The van der Waals surface area contributed by atoms with Gasteiger partial charge in [-0.25, -0.2) is 0 Å². The molecular formula is C9H18O3. The van der Waals surface area contributed by atoms with E-state index in [4.69, 9.17) is 9.47 Å². The minimum absolute atomic E-state index is 0.00550. The van der Waals surface area contributed by atoms with Gasteiger partial charge < -0.3 is 14.6 Å². The van der Waals surface area contributed by atoms with E-state index in [1.165, 1.54) is 0 Å². The first-order chi connectivity index (χ1) is 5.83. The summed E-state index contributed by atoms with van der Waals surface area (Å²) in [5.41, 5.74) is 0. The Morgan fingerprint density at radius 1 is 1.42 bits per heavy atom. The molecule has 3 heteroatoms. The van der Waals surface area contributed by atoms with E-state index in [1.54, 1.807) is 0 Å². The third-order valence-corrected chi connectivity index (χ3v) is 2.14. The molecule has 0 amide bonds. The lowest BCUT2D eigenvalue weighted by molar-refractivity contribution is -0.0494. The van der Waals surface area contributed by atoms with Gasteiger partial charge in [0.15, 0.2) is 6.29 Å². The van der Waals surface area contributed by atoms with Crippen molar-refractivity contribution in [2.75, 3.05) is 13.2 Å². The highest BCUT2D eigenvalue weighted by Gasteiger charge is 2.15. The third-order valence-electron chi connectivity index (χ3n) is 2.14. The van der Waals surface area contributed by atoms with Gasteiger partial charge in [-0.2, -0.15) is 0 Å². The standard InChI is InChI=1S/C9H18O3/c1-2-8(10)4-3-5-9-11-6-7-12-9/h8-10H,2-7H2,1H3/t8-/m0/s1. The van der Waals surface area contributed by atoms with E-state index in [0.29, 0.717) is 0 Å². The predicted molar refractivity (Wildman–Crippen MR) is 45.8 cm³/mol. The molecule has 3 nitrogen and oxygen atoms in total. The topological polar surface area (TPSA) is 38.7 Å². The van der Waals surface area contributed by atoms with Crippen molar-refractivity contribution in [2.45, 2.75) is 45.0 Å². The van der Waals surface area contributed by atoms with Crippen LogP contribution in [0.1, 0.15) is 32.6 Å². The minimum Gasteiger partial charge on any atom is -0.393 e.